The molecule has 2 saturated heterocycles. The molecule has 2 aliphatic rings. The zero-order valence-corrected chi connectivity index (χ0v) is 15.9. The molecule has 30 heavy (non-hydrogen) atoms. The lowest BCUT2D eigenvalue weighted by molar-refractivity contribution is -0.135. The van der Waals surface area contributed by atoms with Gasteiger partial charge < -0.3 is 20.9 Å². The first-order chi connectivity index (χ1) is 14.3. The summed E-state index contributed by atoms with van der Waals surface area (Å²) in [6.45, 7) is 0.413. The van der Waals surface area contributed by atoms with Crippen molar-refractivity contribution in [1.29, 1.82) is 5.41 Å². The number of nitrogens with zero attached hydrogens (tertiary/aromatic N) is 3. The highest BCUT2D eigenvalue weighted by Crippen LogP contribution is 2.29. The van der Waals surface area contributed by atoms with Crippen molar-refractivity contribution < 1.29 is 23.2 Å². The van der Waals surface area contributed by atoms with Crippen LogP contribution in [0.5, 0.6) is 0 Å². The van der Waals surface area contributed by atoms with Gasteiger partial charge in [-0.3, -0.25) is 14.5 Å². The topological polar surface area (TPSA) is 118 Å². The van der Waals surface area contributed by atoms with Gasteiger partial charge in [0.05, 0.1) is 6.34 Å². The van der Waals surface area contributed by atoms with Crippen LogP contribution in [0.4, 0.5) is 19.3 Å². The van der Waals surface area contributed by atoms with E-state index in [1.54, 1.807) is 6.34 Å². The minimum absolute atomic E-state index is 0.0188. The summed E-state index contributed by atoms with van der Waals surface area (Å²) in [6.07, 6.45) is 6.32. The number of amides is 4. The zero-order chi connectivity index (χ0) is 21.7. The van der Waals surface area contributed by atoms with E-state index in [2.05, 4.69) is 15.6 Å². The van der Waals surface area contributed by atoms with Gasteiger partial charge in [-0.15, -0.1) is 0 Å². The Morgan fingerprint density at radius 2 is 2.00 bits per heavy atom. The van der Waals surface area contributed by atoms with E-state index >= 15 is 0 Å². The number of hydrogen-bond acceptors (Lipinski definition) is 5. The number of carbonyl (C=O) groups is 3. The molecule has 2 heterocycles. The molecule has 0 atom stereocenters. The molecule has 2 aliphatic heterocycles. The highest BCUT2D eigenvalue weighted by Gasteiger charge is 2.52. The Morgan fingerprint density at radius 1 is 1.27 bits per heavy atom. The number of rotatable bonds is 6. The van der Waals surface area contributed by atoms with E-state index < -0.39 is 41.6 Å². The number of aliphatic imine (C=N–C) groups is 1. The minimum atomic E-state index is -1.12. The van der Waals surface area contributed by atoms with Crippen molar-refractivity contribution >= 4 is 36.1 Å². The van der Waals surface area contributed by atoms with Gasteiger partial charge in [0.2, 0.25) is 5.91 Å². The number of carbonyl (C=O) groups excluding carboxylic acids is 3. The van der Waals surface area contributed by atoms with Crippen LogP contribution in [0.3, 0.4) is 0 Å². The summed E-state index contributed by atoms with van der Waals surface area (Å²) in [6, 6.07) is 2.19. The third-order valence-electron chi connectivity index (χ3n) is 4.90. The summed E-state index contributed by atoms with van der Waals surface area (Å²) in [7, 11) is 0. The first kappa shape index (κ1) is 21.1. The standard InChI is InChI=1S/C19H20F2N6O3/c20-14-3-2-13(10-15(14)21)24-16(28)11-27-17(29)19(25-18(27)30)4-8-26(9-5-19)12-23-7-1-6-22/h1-3,6-7,10,12,22H,4-5,8-9,11H2,(H,24,28)(H,25,30)/b7-1-,22-6?,23-12?. The van der Waals surface area contributed by atoms with E-state index in [0.717, 1.165) is 23.2 Å². The number of hydrogen-bond donors (Lipinski definition) is 3. The van der Waals surface area contributed by atoms with Crippen molar-refractivity contribution in [2.24, 2.45) is 4.99 Å². The lowest BCUT2D eigenvalue weighted by Crippen LogP contribution is -2.54. The second kappa shape index (κ2) is 8.80. The number of nitrogens with one attached hydrogen (secondary N) is 3. The van der Waals surface area contributed by atoms with Crippen LogP contribution < -0.4 is 10.6 Å². The third-order valence-corrected chi connectivity index (χ3v) is 4.90. The van der Waals surface area contributed by atoms with Crippen LogP contribution in [0, 0.1) is 17.0 Å². The highest BCUT2D eigenvalue weighted by atomic mass is 19.2. The molecule has 0 aliphatic carbocycles. The van der Waals surface area contributed by atoms with E-state index in [0.29, 0.717) is 25.9 Å². The fourth-order valence-corrected chi connectivity index (χ4v) is 3.32. The first-order valence-electron chi connectivity index (χ1n) is 9.16. The fraction of sp³-hybridized carbons (Fsp3) is 0.316. The largest absolute Gasteiger partial charge is 0.362 e. The van der Waals surface area contributed by atoms with Crippen LogP contribution in [0.2, 0.25) is 0 Å². The summed E-state index contributed by atoms with van der Waals surface area (Å²) in [4.78, 5) is 44.1. The number of halogens is 2. The molecular formula is C19H20F2N6O3. The van der Waals surface area contributed by atoms with Crippen molar-refractivity contribution in [2.75, 3.05) is 25.0 Å². The average Bonchev–Trinajstić information content (AvgIpc) is 2.94. The zero-order valence-electron chi connectivity index (χ0n) is 15.9. The normalized spacial score (nSPS) is 18.5. The van der Waals surface area contributed by atoms with Gasteiger partial charge in [-0.2, -0.15) is 0 Å². The van der Waals surface area contributed by atoms with Gasteiger partial charge in [0.25, 0.3) is 5.91 Å². The number of anilines is 1. The van der Waals surface area contributed by atoms with Gasteiger partial charge in [-0.1, -0.05) is 0 Å². The van der Waals surface area contributed by atoms with Crippen LogP contribution in [0.25, 0.3) is 0 Å². The molecule has 1 aromatic rings. The van der Waals surface area contributed by atoms with Crippen LogP contribution >= 0.6 is 0 Å². The number of benzene rings is 1. The Hall–Kier alpha value is -3.63. The summed E-state index contributed by atoms with van der Waals surface area (Å²) in [5, 5.41) is 11.9. The maximum Gasteiger partial charge on any atom is 0.325 e. The molecule has 1 spiro atoms. The van der Waals surface area contributed by atoms with Gasteiger partial charge in [-0.05, 0) is 31.1 Å². The lowest BCUT2D eigenvalue weighted by atomic mass is 9.87. The smallest absolute Gasteiger partial charge is 0.325 e. The monoisotopic (exact) mass is 418 g/mol. The Morgan fingerprint density at radius 3 is 2.67 bits per heavy atom. The highest BCUT2D eigenvalue weighted by molar-refractivity contribution is 6.10. The quantitative estimate of drug-likeness (QED) is 0.368. The van der Waals surface area contributed by atoms with Gasteiger partial charge >= 0.3 is 6.03 Å². The molecule has 9 nitrogen and oxygen atoms in total. The van der Waals surface area contributed by atoms with Crippen LogP contribution in [-0.4, -0.2) is 65.4 Å². The van der Waals surface area contributed by atoms with Crippen molar-refractivity contribution in [2.45, 2.75) is 18.4 Å². The Kier molecular flexibility index (Phi) is 6.19. The SMILES string of the molecule is N=C/C=C\N=CN1CCC2(CC1)NC(=O)N(CC(=O)Nc1ccc(F)c(F)c1)C2=O. The van der Waals surface area contributed by atoms with Crippen LogP contribution in [-0.2, 0) is 9.59 Å². The van der Waals surface area contributed by atoms with Crippen molar-refractivity contribution in [3.63, 3.8) is 0 Å². The molecule has 0 unspecified atom stereocenters. The van der Waals surface area contributed by atoms with E-state index in [9.17, 15) is 23.2 Å². The fourth-order valence-electron chi connectivity index (χ4n) is 3.32. The van der Waals surface area contributed by atoms with Gasteiger partial charge in [0.15, 0.2) is 11.6 Å². The Balaban J connectivity index is 1.59. The predicted octanol–water partition coefficient (Wildman–Crippen LogP) is 1.48. The van der Waals surface area contributed by atoms with Gasteiger partial charge in [0.1, 0.15) is 12.1 Å². The summed E-state index contributed by atoms with van der Waals surface area (Å²) >= 11 is 0. The first-order valence-corrected chi connectivity index (χ1v) is 9.16. The molecule has 0 radical (unpaired) electrons. The predicted molar refractivity (Wildman–Crippen MR) is 105 cm³/mol. The molecule has 2 fully saturated rings. The summed E-state index contributed by atoms with van der Waals surface area (Å²) in [5.41, 5.74) is -1.06. The summed E-state index contributed by atoms with van der Waals surface area (Å²) < 4.78 is 26.2. The molecule has 3 rings (SSSR count). The third kappa shape index (κ3) is 4.50. The molecule has 4 amide bonds. The Labute approximate surface area is 170 Å². The van der Waals surface area contributed by atoms with Gasteiger partial charge in [0, 0.05) is 37.3 Å². The lowest BCUT2D eigenvalue weighted by Gasteiger charge is -2.36. The molecule has 0 saturated carbocycles. The molecular weight excluding hydrogens is 398 g/mol. The molecule has 3 N–H and O–H groups in total. The maximum atomic E-state index is 13.3. The van der Waals surface area contributed by atoms with Crippen LogP contribution in [0.1, 0.15) is 12.8 Å². The second-order valence-electron chi connectivity index (χ2n) is 6.89. The molecule has 0 bridgehead atoms. The van der Waals surface area contributed by atoms with E-state index in [-0.39, 0.29) is 5.69 Å². The Bertz CT molecular complexity index is 925. The van der Waals surface area contributed by atoms with E-state index in [4.69, 9.17) is 5.41 Å². The van der Waals surface area contributed by atoms with Crippen LogP contribution in [0.15, 0.2) is 35.5 Å². The molecule has 1 aromatic carbocycles. The van der Waals surface area contributed by atoms with E-state index in [1.165, 1.54) is 18.3 Å². The molecule has 158 valence electrons. The van der Waals surface area contributed by atoms with Gasteiger partial charge in [-0.25, -0.2) is 18.6 Å². The number of piperidine rings is 1. The number of allylic oxidation sites excluding steroid dienone is 1. The number of imide groups is 1. The number of likely N-dealkylation sites (tertiary alicyclic amines) is 1. The minimum Gasteiger partial charge on any atom is -0.362 e. The second-order valence-corrected chi connectivity index (χ2v) is 6.89. The van der Waals surface area contributed by atoms with Crippen molar-refractivity contribution in [3.05, 3.63) is 42.1 Å². The number of urea groups is 1. The molecule has 0 aromatic heterocycles. The summed E-state index contributed by atoms with van der Waals surface area (Å²) in [5.74, 6) is -3.37. The van der Waals surface area contributed by atoms with Crippen molar-refractivity contribution in [3.8, 4) is 0 Å². The maximum absolute atomic E-state index is 13.3. The van der Waals surface area contributed by atoms with Crippen molar-refractivity contribution in [1.82, 2.24) is 15.1 Å². The average molecular weight is 418 g/mol. The molecule has 11 heteroatoms. The van der Waals surface area contributed by atoms with E-state index in [1.807, 2.05) is 4.90 Å².